The average molecular weight is 411 g/mol. The van der Waals surface area contributed by atoms with E-state index in [1.165, 1.54) is 6.07 Å². The summed E-state index contributed by atoms with van der Waals surface area (Å²) < 4.78 is 16.1. The summed E-state index contributed by atoms with van der Waals surface area (Å²) in [7, 11) is 0. The summed E-state index contributed by atoms with van der Waals surface area (Å²) in [5.74, 6) is -0.148. The van der Waals surface area contributed by atoms with Crippen LogP contribution in [0.4, 0.5) is 0 Å². The Morgan fingerprint density at radius 1 is 0.967 bits per heavy atom. The van der Waals surface area contributed by atoms with Gasteiger partial charge in [-0.3, -0.25) is 9.59 Å². The van der Waals surface area contributed by atoms with Crippen LogP contribution in [0.15, 0.2) is 42.5 Å². The van der Waals surface area contributed by atoms with Crippen LogP contribution in [0.5, 0.6) is 11.5 Å². The SMILES string of the molecule is CC(C)[C@H](C)NC(=O)COC(=O)c1ccccc1C(=O)c1ccc2c(c1)OCCO2. The standard InChI is InChI=1S/C23H25NO6/c1-14(2)15(3)24-21(25)13-30-23(27)18-7-5-4-6-17(18)22(26)16-8-9-19-20(12-16)29-11-10-28-19/h4-9,12,14-15H,10-11,13H2,1-3H3,(H,24,25)/t15-/m0/s1. The molecule has 0 aliphatic carbocycles. The van der Waals surface area contributed by atoms with Gasteiger partial charge in [0.15, 0.2) is 23.9 Å². The fourth-order valence-electron chi connectivity index (χ4n) is 2.87. The number of esters is 1. The molecule has 0 bridgehead atoms. The van der Waals surface area contributed by atoms with Crippen molar-refractivity contribution in [2.75, 3.05) is 19.8 Å². The van der Waals surface area contributed by atoms with Crippen molar-refractivity contribution < 1.29 is 28.6 Å². The maximum Gasteiger partial charge on any atom is 0.339 e. The molecule has 2 aromatic carbocycles. The van der Waals surface area contributed by atoms with Crippen LogP contribution >= 0.6 is 0 Å². The smallest absolute Gasteiger partial charge is 0.339 e. The Morgan fingerprint density at radius 3 is 2.33 bits per heavy atom. The van der Waals surface area contributed by atoms with Crippen LogP contribution < -0.4 is 14.8 Å². The topological polar surface area (TPSA) is 90.9 Å². The summed E-state index contributed by atoms with van der Waals surface area (Å²) >= 11 is 0. The maximum atomic E-state index is 13.0. The molecule has 7 nitrogen and oxygen atoms in total. The van der Waals surface area contributed by atoms with E-state index in [-0.39, 0.29) is 34.8 Å². The van der Waals surface area contributed by atoms with E-state index in [0.717, 1.165) is 0 Å². The van der Waals surface area contributed by atoms with E-state index in [1.54, 1.807) is 36.4 Å². The number of fused-ring (bicyclic) bond motifs is 1. The van der Waals surface area contributed by atoms with Gasteiger partial charge in [-0.25, -0.2) is 4.79 Å². The van der Waals surface area contributed by atoms with Gasteiger partial charge in [-0.15, -0.1) is 0 Å². The van der Waals surface area contributed by atoms with E-state index in [0.29, 0.717) is 30.3 Å². The molecule has 1 aliphatic heterocycles. The molecule has 1 atom stereocenters. The first-order valence-corrected chi connectivity index (χ1v) is 9.86. The molecule has 1 amide bonds. The van der Waals surface area contributed by atoms with Gasteiger partial charge in [0, 0.05) is 17.2 Å². The number of hydrogen-bond acceptors (Lipinski definition) is 6. The summed E-state index contributed by atoms with van der Waals surface area (Å²) in [5.41, 5.74) is 0.653. The predicted molar refractivity (Wildman–Crippen MR) is 110 cm³/mol. The van der Waals surface area contributed by atoms with Gasteiger partial charge >= 0.3 is 5.97 Å². The zero-order valence-electron chi connectivity index (χ0n) is 17.3. The molecular weight excluding hydrogens is 386 g/mol. The molecule has 1 N–H and O–H groups in total. The Morgan fingerprint density at radius 2 is 1.63 bits per heavy atom. The normalized spacial score (nSPS) is 13.5. The second-order valence-electron chi connectivity index (χ2n) is 7.41. The lowest BCUT2D eigenvalue weighted by atomic mass is 9.98. The van der Waals surface area contributed by atoms with Crippen molar-refractivity contribution in [1.29, 1.82) is 0 Å². The molecule has 0 radical (unpaired) electrons. The molecule has 30 heavy (non-hydrogen) atoms. The van der Waals surface area contributed by atoms with Crippen molar-refractivity contribution in [3.63, 3.8) is 0 Å². The van der Waals surface area contributed by atoms with Crippen molar-refractivity contribution in [2.24, 2.45) is 5.92 Å². The van der Waals surface area contributed by atoms with E-state index >= 15 is 0 Å². The third-order valence-corrected chi connectivity index (χ3v) is 4.92. The van der Waals surface area contributed by atoms with Crippen LogP contribution in [0.25, 0.3) is 0 Å². The fourth-order valence-corrected chi connectivity index (χ4v) is 2.87. The molecular formula is C23H25NO6. The van der Waals surface area contributed by atoms with Gasteiger partial charge in [0.2, 0.25) is 0 Å². The number of hydrogen-bond donors (Lipinski definition) is 1. The van der Waals surface area contributed by atoms with E-state index in [9.17, 15) is 14.4 Å². The first-order chi connectivity index (χ1) is 14.4. The highest BCUT2D eigenvalue weighted by atomic mass is 16.6. The molecule has 0 saturated heterocycles. The lowest BCUT2D eigenvalue weighted by molar-refractivity contribution is -0.125. The number of benzene rings is 2. The van der Waals surface area contributed by atoms with E-state index in [4.69, 9.17) is 14.2 Å². The van der Waals surface area contributed by atoms with Gasteiger partial charge in [0.1, 0.15) is 13.2 Å². The maximum absolute atomic E-state index is 13.0. The minimum atomic E-state index is -0.733. The van der Waals surface area contributed by atoms with Crippen LogP contribution in [0.2, 0.25) is 0 Å². The molecule has 0 aromatic heterocycles. The van der Waals surface area contributed by atoms with Gasteiger partial charge in [-0.1, -0.05) is 32.0 Å². The molecule has 3 rings (SSSR count). The minimum absolute atomic E-state index is 0.0414. The van der Waals surface area contributed by atoms with Crippen molar-refractivity contribution in [3.05, 3.63) is 59.2 Å². The van der Waals surface area contributed by atoms with Gasteiger partial charge in [0.25, 0.3) is 5.91 Å². The first-order valence-electron chi connectivity index (χ1n) is 9.86. The van der Waals surface area contributed by atoms with Crippen LogP contribution in [-0.2, 0) is 9.53 Å². The van der Waals surface area contributed by atoms with Gasteiger partial charge in [-0.05, 0) is 37.1 Å². The highest BCUT2D eigenvalue weighted by Gasteiger charge is 2.22. The molecule has 1 aliphatic rings. The summed E-state index contributed by atoms with van der Waals surface area (Å²) in [6.07, 6.45) is 0. The van der Waals surface area contributed by atoms with Crippen LogP contribution in [0.3, 0.4) is 0 Å². The predicted octanol–water partition coefficient (Wildman–Crippen LogP) is 3.01. The molecule has 2 aromatic rings. The molecule has 0 saturated carbocycles. The number of rotatable bonds is 7. The summed E-state index contributed by atoms with van der Waals surface area (Å²) in [4.78, 5) is 37.6. The van der Waals surface area contributed by atoms with Gasteiger partial charge in [-0.2, -0.15) is 0 Å². The zero-order chi connectivity index (χ0) is 21.7. The number of carbonyl (C=O) groups excluding carboxylic acids is 3. The number of ketones is 1. The summed E-state index contributed by atoms with van der Waals surface area (Å²) in [5, 5.41) is 2.77. The second kappa shape index (κ2) is 9.43. The summed E-state index contributed by atoms with van der Waals surface area (Å²) in [6.45, 7) is 6.30. The quantitative estimate of drug-likeness (QED) is 0.556. The van der Waals surface area contributed by atoms with Crippen LogP contribution in [-0.4, -0.2) is 43.5 Å². The second-order valence-corrected chi connectivity index (χ2v) is 7.41. The molecule has 0 fully saturated rings. The molecule has 0 spiro atoms. The number of carbonyl (C=O) groups is 3. The van der Waals surface area contributed by atoms with Crippen molar-refractivity contribution >= 4 is 17.7 Å². The van der Waals surface area contributed by atoms with E-state index in [2.05, 4.69) is 5.32 Å². The third kappa shape index (κ3) is 4.97. The first kappa shape index (κ1) is 21.4. The molecule has 158 valence electrons. The zero-order valence-corrected chi connectivity index (χ0v) is 17.3. The highest BCUT2D eigenvalue weighted by molar-refractivity contribution is 6.14. The molecule has 7 heteroatoms. The summed E-state index contributed by atoms with van der Waals surface area (Å²) in [6, 6.07) is 11.2. The monoisotopic (exact) mass is 411 g/mol. The van der Waals surface area contributed by atoms with Crippen LogP contribution in [0, 0.1) is 5.92 Å². The average Bonchev–Trinajstić information content (AvgIpc) is 2.76. The minimum Gasteiger partial charge on any atom is -0.486 e. The Labute approximate surface area is 175 Å². The van der Waals surface area contributed by atoms with Crippen molar-refractivity contribution in [3.8, 4) is 11.5 Å². The Kier molecular flexibility index (Phi) is 6.72. The fraction of sp³-hybridized carbons (Fsp3) is 0.348. The highest BCUT2D eigenvalue weighted by Crippen LogP contribution is 2.31. The van der Waals surface area contributed by atoms with Crippen molar-refractivity contribution in [1.82, 2.24) is 5.32 Å². The Bertz CT molecular complexity index is 952. The largest absolute Gasteiger partial charge is 0.486 e. The Balaban J connectivity index is 1.73. The molecule has 1 heterocycles. The van der Waals surface area contributed by atoms with E-state index in [1.807, 2.05) is 20.8 Å². The lowest BCUT2D eigenvalue weighted by Gasteiger charge is -2.19. The van der Waals surface area contributed by atoms with E-state index < -0.39 is 12.6 Å². The third-order valence-electron chi connectivity index (χ3n) is 4.92. The van der Waals surface area contributed by atoms with Gasteiger partial charge in [0.05, 0.1) is 5.56 Å². The number of nitrogens with one attached hydrogen (secondary N) is 1. The molecule has 0 unspecified atom stereocenters. The van der Waals surface area contributed by atoms with Gasteiger partial charge < -0.3 is 19.5 Å². The van der Waals surface area contributed by atoms with Crippen molar-refractivity contribution in [2.45, 2.75) is 26.8 Å². The number of ether oxygens (including phenoxy) is 3. The number of amides is 1. The Hall–Kier alpha value is -3.35. The lowest BCUT2D eigenvalue weighted by Crippen LogP contribution is -2.38. The van der Waals surface area contributed by atoms with Crippen LogP contribution in [0.1, 0.15) is 47.1 Å².